The fourth-order valence-electron chi connectivity index (χ4n) is 5.43. The van der Waals surface area contributed by atoms with Gasteiger partial charge in [-0.25, -0.2) is 0 Å². The number of hydrogen-bond acceptors (Lipinski definition) is 3. The molecule has 3 aliphatic carbocycles. The fraction of sp³-hybridized carbons (Fsp3) is 0.684. The van der Waals surface area contributed by atoms with Crippen LogP contribution in [0.25, 0.3) is 0 Å². The Morgan fingerprint density at radius 3 is 2.59 bits per heavy atom. The molecule has 22 heavy (non-hydrogen) atoms. The number of ketones is 1. The summed E-state index contributed by atoms with van der Waals surface area (Å²) in [5, 5.41) is 20.0. The number of hydrogen-bond donors (Lipinski definition) is 1. The predicted molar refractivity (Wildman–Crippen MR) is 84.7 cm³/mol. The number of Topliss-reactive ketones (excluding diaryl/α,β-unsaturated/α-hetero) is 1. The minimum Gasteiger partial charge on any atom is -0.392 e. The first-order valence-electron chi connectivity index (χ1n) is 8.25. The smallest absolute Gasteiger partial charge is 0.178 e. The molecule has 0 spiro atoms. The molecular weight excluding hydrogens is 274 g/mol. The highest BCUT2D eigenvalue weighted by molar-refractivity contribution is 6.04. The summed E-state index contributed by atoms with van der Waals surface area (Å²) in [4.78, 5) is 12.6. The van der Waals surface area contributed by atoms with Crippen LogP contribution in [0.15, 0.2) is 23.3 Å². The predicted octanol–water partition coefficient (Wildman–Crippen LogP) is 3.55. The number of carbonyl (C=O) groups is 1. The van der Waals surface area contributed by atoms with Crippen LogP contribution in [-0.2, 0) is 4.79 Å². The van der Waals surface area contributed by atoms with Crippen molar-refractivity contribution < 1.29 is 9.90 Å². The first-order valence-corrected chi connectivity index (χ1v) is 8.25. The number of nitriles is 1. The van der Waals surface area contributed by atoms with Crippen molar-refractivity contribution in [3.05, 3.63) is 23.3 Å². The average molecular weight is 299 g/mol. The number of allylic oxidation sites excluding steroid dienone is 3. The number of fused-ring (bicyclic) bond motifs is 3. The Kier molecular flexibility index (Phi) is 3.21. The van der Waals surface area contributed by atoms with Crippen LogP contribution in [0.1, 0.15) is 53.4 Å². The van der Waals surface area contributed by atoms with Gasteiger partial charge in [0.2, 0.25) is 0 Å². The van der Waals surface area contributed by atoms with Gasteiger partial charge in [0.05, 0.1) is 11.7 Å². The van der Waals surface area contributed by atoms with Crippen molar-refractivity contribution in [2.75, 3.05) is 0 Å². The third-order valence-corrected chi connectivity index (χ3v) is 6.66. The molecule has 1 saturated carbocycles. The van der Waals surface area contributed by atoms with Crippen LogP contribution >= 0.6 is 0 Å². The van der Waals surface area contributed by atoms with E-state index >= 15 is 0 Å². The van der Waals surface area contributed by atoms with Crippen LogP contribution < -0.4 is 0 Å². The van der Waals surface area contributed by atoms with Crippen LogP contribution in [0.2, 0.25) is 0 Å². The van der Waals surface area contributed by atoms with Crippen LogP contribution in [0, 0.1) is 33.5 Å². The molecule has 3 nitrogen and oxygen atoms in total. The van der Waals surface area contributed by atoms with E-state index < -0.39 is 5.41 Å². The Labute approximate surface area is 132 Å². The van der Waals surface area contributed by atoms with Gasteiger partial charge in [-0.2, -0.15) is 5.26 Å². The lowest BCUT2D eigenvalue weighted by Crippen LogP contribution is -2.55. The molecule has 0 saturated heterocycles. The average Bonchev–Trinajstić information content (AvgIpc) is 2.45. The van der Waals surface area contributed by atoms with Crippen LogP contribution in [-0.4, -0.2) is 17.0 Å². The second-order valence-corrected chi connectivity index (χ2v) is 8.22. The largest absolute Gasteiger partial charge is 0.392 e. The quantitative estimate of drug-likeness (QED) is 0.696. The fourth-order valence-corrected chi connectivity index (χ4v) is 5.43. The third-order valence-electron chi connectivity index (χ3n) is 6.66. The lowest BCUT2D eigenvalue weighted by Gasteiger charge is -2.59. The second kappa shape index (κ2) is 4.55. The normalized spacial score (nSPS) is 43.4. The highest BCUT2D eigenvalue weighted by Gasteiger charge is 2.59. The number of nitrogens with zero attached hydrogens (tertiary/aromatic N) is 1. The number of carbonyl (C=O) groups excluding carboxylic acids is 1. The Hall–Kier alpha value is -1.40. The number of rotatable bonds is 0. The summed E-state index contributed by atoms with van der Waals surface area (Å²) in [6.07, 6.45) is 7.33. The summed E-state index contributed by atoms with van der Waals surface area (Å²) in [5.41, 5.74) is 0.463. The zero-order valence-electron chi connectivity index (χ0n) is 13.9. The Balaban J connectivity index is 2.22. The lowest BCUT2D eigenvalue weighted by atomic mass is 9.44. The van der Waals surface area contributed by atoms with E-state index in [2.05, 4.69) is 26.0 Å². The van der Waals surface area contributed by atoms with Crippen molar-refractivity contribution in [3.8, 4) is 6.07 Å². The van der Waals surface area contributed by atoms with Crippen molar-refractivity contribution in [2.45, 2.75) is 59.5 Å². The molecule has 3 heteroatoms. The maximum Gasteiger partial charge on any atom is 0.178 e. The molecule has 0 aromatic carbocycles. The highest BCUT2D eigenvalue weighted by atomic mass is 16.3. The zero-order chi connectivity index (χ0) is 16.3. The van der Waals surface area contributed by atoms with Crippen LogP contribution in [0.4, 0.5) is 0 Å². The van der Waals surface area contributed by atoms with Gasteiger partial charge in [0.25, 0.3) is 0 Å². The molecular formula is C19H25NO2. The molecule has 1 fully saturated rings. The molecule has 4 atom stereocenters. The molecule has 0 heterocycles. The summed E-state index contributed by atoms with van der Waals surface area (Å²) >= 11 is 0. The molecule has 0 aliphatic heterocycles. The van der Waals surface area contributed by atoms with E-state index in [4.69, 9.17) is 0 Å². The molecule has 0 aromatic rings. The van der Waals surface area contributed by atoms with Crippen molar-refractivity contribution in [1.82, 2.24) is 0 Å². The standard InChI is InChI=1S/C19H25NO2/c1-17(2)13-8-9-18(3)14(6-5-7-15(18)21)19(13,4)10-12(11-20)16(17)22/h6,10,13,15,21H,5,7-9H2,1-4H3/t13?,15-,18-,19+/m1/s1. The monoisotopic (exact) mass is 299 g/mol. The third kappa shape index (κ3) is 1.74. The van der Waals surface area contributed by atoms with Crippen molar-refractivity contribution in [1.29, 1.82) is 5.26 Å². The summed E-state index contributed by atoms with van der Waals surface area (Å²) < 4.78 is 0. The number of aliphatic hydroxyl groups excluding tert-OH is 1. The molecule has 3 rings (SSSR count). The zero-order valence-corrected chi connectivity index (χ0v) is 13.9. The molecule has 0 amide bonds. The summed E-state index contributed by atoms with van der Waals surface area (Å²) in [5.74, 6) is 0.160. The van der Waals surface area contributed by atoms with E-state index in [1.807, 2.05) is 19.9 Å². The van der Waals surface area contributed by atoms with Gasteiger partial charge in [-0.3, -0.25) is 4.79 Å². The first-order chi connectivity index (χ1) is 10.2. The van der Waals surface area contributed by atoms with E-state index in [0.717, 1.165) is 25.7 Å². The Morgan fingerprint density at radius 1 is 1.27 bits per heavy atom. The van der Waals surface area contributed by atoms with E-state index in [1.165, 1.54) is 5.57 Å². The molecule has 0 radical (unpaired) electrons. The molecule has 0 bridgehead atoms. The second-order valence-electron chi connectivity index (χ2n) is 8.22. The van der Waals surface area contributed by atoms with Gasteiger partial charge in [0.15, 0.2) is 5.78 Å². The van der Waals surface area contributed by atoms with Gasteiger partial charge in [-0.15, -0.1) is 0 Å². The van der Waals surface area contributed by atoms with Crippen molar-refractivity contribution >= 4 is 5.78 Å². The van der Waals surface area contributed by atoms with E-state index in [0.29, 0.717) is 0 Å². The van der Waals surface area contributed by atoms with Gasteiger partial charge in [0.1, 0.15) is 6.07 Å². The number of aliphatic hydroxyl groups is 1. The van der Waals surface area contributed by atoms with Crippen LogP contribution in [0.3, 0.4) is 0 Å². The van der Waals surface area contributed by atoms with Gasteiger partial charge in [-0.1, -0.05) is 45.4 Å². The van der Waals surface area contributed by atoms with E-state index in [-0.39, 0.29) is 34.2 Å². The van der Waals surface area contributed by atoms with Gasteiger partial charge >= 0.3 is 0 Å². The summed E-state index contributed by atoms with van der Waals surface area (Å²) in [7, 11) is 0. The SMILES string of the molecule is CC1(C)C(=O)C(C#N)=C[C@]2(C)C3=CCC[C@@H](O)[C@]3(C)CCC12. The molecule has 0 aromatic heterocycles. The van der Waals surface area contributed by atoms with Crippen molar-refractivity contribution in [2.24, 2.45) is 22.2 Å². The lowest BCUT2D eigenvalue weighted by molar-refractivity contribution is -0.131. The van der Waals surface area contributed by atoms with Crippen molar-refractivity contribution in [3.63, 3.8) is 0 Å². The molecule has 3 aliphatic rings. The molecule has 1 N–H and O–H groups in total. The first kappa shape index (κ1) is 15.5. The topological polar surface area (TPSA) is 61.1 Å². The Bertz CT molecular complexity index is 636. The minimum absolute atomic E-state index is 0.0296. The summed E-state index contributed by atoms with van der Waals surface area (Å²) in [6.45, 7) is 8.26. The Morgan fingerprint density at radius 2 is 1.95 bits per heavy atom. The van der Waals surface area contributed by atoms with Gasteiger partial charge < -0.3 is 5.11 Å². The maximum atomic E-state index is 12.6. The molecule has 118 valence electrons. The van der Waals surface area contributed by atoms with Gasteiger partial charge in [0, 0.05) is 16.2 Å². The minimum atomic E-state index is -0.529. The van der Waals surface area contributed by atoms with Gasteiger partial charge in [-0.05, 0) is 31.6 Å². The van der Waals surface area contributed by atoms with E-state index in [1.54, 1.807) is 0 Å². The van der Waals surface area contributed by atoms with Crippen LogP contribution in [0.5, 0.6) is 0 Å². The van der Waals surface area contributed by atoms with E-state index in [9.17, 15) is 15.2 Å². The maximum absolute atomic E-state index is 12.6. The molecule has 1 unspecified atom stereocenters. The highest BCUT2D eigenvalue weighted by Crippen LogP contribution is 2.64. The summed E-state index contributed by atoms with van der Waals surface area (Å²) in [6, 6.07) is 2.11.